The van der Waals surface area contributed by atoms with Crippen LogP contribution in [0.25, 0.3) is 72.1 Å². The zero-order chi connectivity index (χ0) is 31.9. The zero-order valence-electron chi connectivity index (χ0n) is 26.9. The van der Waals surface area contributed by atoms with Crippen molar-refractivity contribution in [2.24, 2.45) is 0 Å². The molecular formula is C46H36N2. The Morgan fingerprint density at radius 3 is 1.19 bits per heavy atom. The molecule has 0 saturated carbocycles. The Morgan fingerprint density at radius 1 is 0.417 bits per heavy atom. The minimum atomic E-state index is 0.984. The Hall–Kier alpha value is -5.86. The van der Waals surface area contributed by atoms with E-state index in [9.17, 15) is 0 Å². The van der Waals surface area contributed by atoms with Crippen LogP contribution in [0, 0.1) is 0 Å². The third kappa shape index (κ3) is 5.07. The van der Waals surface area contributed by atoms with Gasteiger partial charge in [0.25, 0.3) is 0 Å². The summed E-state index contributed by atoms with van der Waals surface area (Å²) >= 11 is 0. The first-order valence-electron chi connectivity index (χ1n) is 17.0. The predicted octanol–water partition coefficient (Wildman–Crippen LogP) is 7.79. The van der Waals surface area contributed by atoms with Crippen LogP contribution in [-0.4, -0.2) is 9.13 Å². The van der Waals surface area contributed by atoms with E-state index < -0.39 is 0 Å². The van der Waals surface area contributed by atoms with E-state index in [1.54, 1.807) is 0 Å². The Balaban J connectivity index is 0.895. The van der Waals surface area contributed by atoms with Crippen molar-refractivity contribution in [2.45, 2.75) is 25.7 Å². The number of fused-ring (bicyclic) bond motifs is 6. The Kier molecular flexibility index (Phi) is 7.13. The van der Waals surface area contributed by atoms with Crippen molar-refractivity contribution in [1.29, 1.82) is 0 Å². The van der Waals surface area contributed by atoms with Crippen molar-refractivity contribution >= 4 is 60.8 Å². The summed E-state index contributed by atoms with van der Waals surface area (Å²) in [6, 6.07) is 26.6. The Morgan fingerprint density at radius 2 is 0.792 bits per heavy atom. The quantitative estimate of drug-likeness (QED) is 0.173. The molecule has 4 aliphatic carbocycles. The topological polar surface area (TPSA) is 9.86 Å². The fourth-order valence-electron chi connectivity index (χ4n) is 7.46. The molecule has 0 radical (unpaired) electrons. The van der Waals surface area contributed by atoms with Crippen LogP contribution in [0.5, 0.6) is 0 Å². The van der Waals surface area contributed by atoms with Gasteiger partial charge in [0.15, 0.2) is 0 Å². The van der Waals surface area contributed by atoms with Crippen molar-refractivity contribution in [3.05, 3.63) is 175 Å². The number of allylic oxidation sites excluding steroid dienone is 6. The summed E-state index contributed by atoms with van der Waals surface area (Å²) in [6.45, 7) is 0. The van der Waals surface area contributed by atoms with Gasteiger partial charge in [0.05, 0.1) is 21.4 Å². The molecule has 2 heterocycles. The average Bonchev–Trinajstić information content (AvgIpc) is 3.67. The van der Waals surface area contributed by atoms with Crippen molar-refractivity contribution in [3.8, 4) is 11.4 Å². The second-order valence-electron chi connectivity index (χ2n) is 12.8. The SMILES string of the molecule is C1=CCc2c3c(n(-c4ccc(/C=C/c5ccc(/C=C/c6ccc(-n7c8c(c9c7=CC=CC9)C=CCC=8)cc6)cc5)cc4)c2=C1)=CCC=C3. The molecular weight excluding hydrogens is 581 g/mol. The number of nitrogens with zero attached hydrogens (tertiary/aromatic N) is 2. The van der Waals surface area contributed by atoms with E-state index in [0.717, 1.165) is 25.7 Å². The second-order valence-corrected chi connectivity index (χ2v) is 12.8. The highest BCUT2D eigenvalue weighted by molar-refractivity contribution is 5.74. The summed E-state index contributed by atoms with van der Waals surface area (Å²) in [4.78, 5) is 0. The van der Waals surface area contributed by atoms with Gasteiger partial charge < -0.3 is 9.13 Å². The van der Waals surface area contributed by atoms with Crippen LogP contribution in [0.15, 0.2) is 109 Å². The van der Waals surface area contributed by atoms with Gasteiger partial charge >= 0.3 is 0 Å². The number of rotatable bonds is 6. The van der Waals surface area contributed by atoms with Crippen molar-refractivity contribution in [1.82, 2.24) is 9.13 Å². The molecule has 0 amide bonds. The van der Waals surface area contributed by atoms with Gasteiger partial charge in [-0.1, -0.05) is 134 Å². The molecule has 3 aromatic carbocycles. The van der Waals surface area contributed by atoms with Gasteiger partial charge in [-0.3, -0.25) is 0 Å². The molecule has 4 aliphatic rings. The number of aromatic nitrogens is 2. The molecule has 0 bridgehead atoms. The smallest absolute Gasteiger partial charge is 0.0503 e. The van der Waals surface area contributed by atoms with Crippen LogP contribution in [-0.2, 0) is 12.8 Å². The third-order valence-electron chi connectivity index (χ3n) is 9.85. The highest BCUT2D eigenvalue weighted by Gasteiger charge is 2.17. The van der Waals surface area contributed by atoms with Crippen molar-refractivity contribution in [3.63, 3.8) is 0 Å². The standard InChI is InChI=1S/C46H36N2/c1-5-13-43-39(9-1)40-10-2-6-14-44(40)47(43)37-29-25-35(26-30-37)23-21-33-17-19-34(20-18-33)22-24-36-27-31-38(32-28-36)48-45-15-7-3-11-41(45)42-12-4-8-16-46(42)48/h1-5,7,10,12-32H,6,8-9,11H2/b23-21+,24-22+. The fourth-order valence-corrected chi connectivity index (χ4v) is 7.46. The summed E-state index contributed by atoms with van der Waals surface area (Å²) in [5.41, 5.74) is 12.8. The van der Waals surface area contributed by atoms with Crippen LogP contribution in [0.4, 0.5) is 0 Å². The van der Waals surface area contributed by atoms with Crippen LogP contribution in [0.3, 0.4) is 0 Å². The van der Waals surface area contributed by atoms with Gasteiger partial charge in [-0.15, -0.1) is 0 Å². The first-order chi connectivity index (χ1) is 23.8. The van der Waals surface area contributed by atoms with Gasteiger partial charge in [-0.05, 0) is 95.5 Å². The van der Waals surface area contributed by atoms with Crippen molar-refractivity contribution in [2.75, 3.05) is 0 Å². The van der Waals surface area contributed by atoms with E-state index in [2.05, 4.69) is 179 Å². The molecule has 0 fully saturated rings. The molecule has 0 saturated heterocycles. The van der Waals surface area contributed by atoms with E-state index >= 15 is 0 Å². The van der Waals surface area contributed by atoms with Crippen LogP contribution in [0.1, 0.15) is 57.3 Å². The fraction of sp³-hybridized carbons (Fsp3) is 0.0870. The summed E-state index contributed by atoms with van der Waals surface area (Å²) < 4.78 is 4.83. The normalized spacial score (nSPS) is 15.3. The third-order valence-corrected chi connectivity index (χ3v) is 9.85. The lowest BCUT2D eigenvalue weighted by Gasteiger charge is -2.08. The Bertz CT molecular complexity index is 2320. The first kappa shape index (κ1) is 28.4. The van der Waals surface area contributed by atoms with Gasteiger partial charge in [0.2, 0.25) is 0 Å². The Labute approximate surface area is 281 Å². The monoisotopic (exact) mass is 616 g/mol. The van der Waals surface area contributed by atoms with E-state index in [-0.39, 0.29) is 0 Å². The molecule has 9 rings (SSSR count). The highest BCUT2D eigenvalue weighted by atomic mass is 15.0. The van der Waals surface area contributed by atoms with Gasteiger partial charge in [0, 0.05) is 22.5 Å². The van der Waals surface area contributed by atoms with E-state index in [1.807, 2.05) is 0 Å². The van der Waals surface area contributed by atoms with Crippen LogP contribution < -0.4 is 21.4 Å². The average molecular weight is 617 g/mol. The maximum Gasteiger partial charge on any atom is 0.0503 e. The minimum Gasteiger partial charge on any atom is -0.310 e. The second kappa shape index (κ2) is 12.1. The molecule has 230 valence electrons. The molecule has 0 unspecified atom stereocenters. The summed E-state index contributed by atoms with van der Waals surface area (Å²) in [7, 11) is 0. The van der Waals surface area contributed by atoms with Crippen LogP contribution >= 0.6 is 0 Å². The summed E-state index contributed by atoms with van der Waals surface area (Å²) in [5, 5.41) is 5.25. The molecule has 5 aromatic rings. The predicted molar refractivity (Wildman–Crippen MR) is 205 cm³/mol. The molecule has 0 N–H and O–H groups in total. The van der Waals surface area contributed by atoms with Gasteiger partial charge in [-0.25, -0.2) is 0 Å². The van der Waals surface area contributed by atoms with E-state index in [4.69, 9.17) is 0 Å². The van der Waals surface area contributed by atoms with Crippen LogP contribution in [0.2, 0.25) is 0 Å². The molecule has 2 nitrogen and oxygen atoms in total. The summed E-state index contributed by atoms with van der Waals surface area (Å²) in [6.07, 6.45) is 39.9. The molecule has 0 spiro atoms. The molecule has 0 atom stereocenters. The van der Waals surface area contributed by atoms with Gasteiger partial charge in [0.1, 0.15) is 0 Å². The number of hydrogen-bond acceptors (Lipinski definition) is 0. The lowest BCUT2D eigenvalue weighted by atomic mass is 10.0. The maximum atomic E-state index is 2.42. The zero-order valence-corrected chi connectivity index (χ0v) is 26.9. The van der Waals surface area contributed by atoms with E-state index in [0.29, 0.717) is 0 Å². The minimum absolute atomic E-state index is 0.984. The van der Waals surface area contributed by atoms with Crippen molar-refractivity contribution < 1.29 is 0 Å². The number of benzene rings is 3. The lowest BCUT2D eigenvalue weighted by Crippen LogP contribution is -2.27. The number of hydrogen-bond donors (Lipinski definition) is 0. The maximum absolute atomic E-state index is 2.42. The molecule has 0 aliphatic heterocycles. The van der Waals surface area contributed by atoms with Gasteiger partial charge in [-0.2, -0.15) is 0 Å². The molecule has 48 heavy (non-hydrogen) atoms. The first-order valence-corrected chi connectivity index (χ1v) is 17.0. The summed E-state index contributed by atoms with van der Waals surface area (Å²) in [5.74, 6) is 0. The molecule has 2 aromatic heterocycles. The van der Waals surface area contributed by atoms with E-state index in [1.165, 1.54) is 77.3 Å². The lowest BCUT2D eigenvalue weighted by molar-refractivity contribution is 0.976. The highest BCUT2D eigenvalue weighted by Crippen LogP contribution is 2.19. The molecule has 2 heteroatoms. The largest absolute Gasteiger partial charge is 0.310 e.